The van der Waals surface area contributed by atoms with Gasteiger partial charge in [-0.25, -0.2) is 14.2 Å². The zero-order valence-electron chi connectivity index (χ0n) is 20.5. The van der Waals surface area contributed by atoms with E-state index in [0.29, 0.717) is 35.3 Å². The van der Waals surface area contributed by atoms with Crippen molar-refractivity contribution in [2.24, 2.45) is 11.5 Å². The van der Waals surface area contributed by atoms with E-state index in [1.165, 1.54) is 23.0 Å². The molecule has 0 saturated heterocycles. The van der Waals surface area contributed by atoms with Crippen molar-refractivity contribution < 1.29 is 14.3 Å². The lowest BCUT2D eigenvalue weighted by atomic mass is 10.2. The summed E-state index contributed by atoms with van der Waals surface area (Å²) in [6, 6.07) is 13.9. The number of anilines is 2. The molecular weight excluding hydrogens is 500 g/mol. The highest BCUT2D eigenvalue weighted by Crippen LogP contribution is 2.20. The lowest BCUT2D eigenvalue weighted by Gasteiger charge is -2.15. The van der Waals surface area contributed by atoms with E-state index >= 15 is 0 Å². The molecule has 11 nitrogen and oxygen atoms in total. The van der Waals surface area contributed by atoms with Gasteiger partial charge in [-0.15, -0.1) is 0 Å². The number of rotatable bonds is 10. The predicted molar refractivity (Wildman–Crippen MR) is 143 cm³/mol. The lowest BCUT2D eigenvalue weighted by Crippen LogP contribution is -2.42. The van der Waals surface area contributed by atoms with Gasteiger partial charge in [-0.3, -0.25) is 9.36 Å². The van der Waals surface area contributed by atoms with Crippen molar-refractivity contribution in [2.45, 2.75) is 26.9 Å². The lowest BCUT2D eigenvalue weighted by molar-refractivity contribution is -0.128. The molecule has 0 aliphatic rings. The van der Waals surface area contributed by atoms with Crippen molar-refractivity contribution in [3.63, 3.8) is 0 Å². The molecule has 0 atom stereocenters. The summed E-state index contributed by atoms with van der Waals surface area (Å²) in [5.74, 6) is 1.04. The van der Waals surface area contributed by atoms with Crippen molar-refractivity contribution in [1.82, 2.24) is 14.1 Å². The first-order chi connectivity index (χ1) is 17.9. The van der Waals surface area contributed by atoms with Crippen molar-refractivity contribution in [1.29, 1.82) is 0 Å². The number of nitrogens with zero attached hydrogens (tertiary/aromatic N) is 3. The van der Waals surface area contributed by atoms with Crippen molar-refractivity contribution in [2.75, 3.05) is 11.9 Å². The molecule has 0 bridgehead atoms. The Bertz CT molecular complexity index is 1330. The summed E-state index contributed by atoms with van der Waals surface area (Å²) in [6.45, 7) is 4.81. The van der Waals surface area contributed by atoms with Gasteiger partial charge in [0, 0.05) is 23.5 Å². The average molecular weight is 529 g/mol. The number of ether oxygens (including phenoxy) is 2. The molecule has 0 unspecified atom stereocenters. The summed E-state index contributed by atoms with van der Waals surface area (Å²) in [6.07, 6.45) is 4.13. The van der Waals surface area contributed by atoms with Crippen LogP contribution in [-0.4, -0.2) is 27.2 Å². The number of aromatic nitrogens is 3. The number of allylic oxidation sites excluding steroid dienone is 1. The number of benzene rings is 2. The normalized spacial score (nSPS) is 10.9. The van der Waals surface area contributed by atoms with E-state index in [-0.39, 0.29) is 19.0 Å². The number of carbonyl (C=O) groups excluding carboxylic acids is 1. The molecule has 12 heteroatoms. The molecular formula is C25H29ClN6O5. The molecule has 2 aromatic carbocycles. The largest absolute Gasteiger partial charge is 0.468 e. The van der Waals surface area contributed by atoms with Gasteiger partial charge in [0.25, 0.3) is 6.47 Å². The molecule has 0 radical (unpaired) electrons. The van der Waals surface area contributed by atoms with Crippen LogP contribution in [0.25, 0.3) is 0 Å². The van der Waals surface area contributed by atoms with Gasteiger partial charge in [-0.1, -0.05) is 23.7 Å². The third kappa shape index (κ3) is 8.58. The third-order valence-electron chi connectivity index (χ3n) is 4.73. The maximum absolute atomic E-state index is 12.9. The van der Waals surface area contributed by atoms with E-state index < -0.39 is 11.4 Å². The molecule has 0 aliphatic heterocycles. The van der Waals surface area contributed by atoms with Crippen molar-refractivity contribution in [3.05, 3.63) is 104 Å². The number of hydrogen-bond donors (Lipinski definition) is 3. The van der Waals surface area contributed by atoms with Gasteiger partial charge in [-0.2, -0.15) is 4.98 Å². The maximum Gasteiger partial charge on any atom is 0.354 e. The van der Waals surface area contributed by atoms with Crippen LogP contribution >= 0.6 is 11.6 Å². The van der Waals surface area contributed by atoms with Crippen LogP contribution in [-0.2, 0) is 22.6 Å². The van der Waals surface area contributed by atoms with E-state index in [9.17, 15) is 14.4 Å². The van der Waals surface area contributed by atoms with Gasteiger partial charge < -0.3 is 26.3 Å². The molecule has 0 amide bonds. The second-order valence-corrected chi connectivity index (χ2v) is 7.63. The van der Waals surface area contributed by atoms with Crippen LogP contribution < -0.4 is 32.9 Å². The highest BCUT2D eigenvalue weighted by molar-refractivity contribution is 6.30. The highest BCUT2D eigenvalue weighted by atomic mass is 35.5. The number of nitrogens with one attached hydrogen (secondary N) is 1. The summed E-state index contributed by atoms with van der Waals surface area (Å²) in [4.78, 5) is 38.5. The number of halogens is 1. The molecule has 1 heterocycles. The smallest absolute Gasteiger partial charge is 0.354 e. The van der Waals surface area contributed by atoms with Gasteiger partial charge in [0.2, 0.25) is 5.95 Å². The van der Waals surface area contributed by atoms with Crippen molar-refractivity contribution >= 4 is 29.7 Å². The molecule has 5 N–H and O–H groups in total. The maximum atomic E-state index is 12.9. The fourth-order valence-corrected chi connectivity index (χ4v) is 3.09. The molecule has 0 fully saturated rings. The van der Waals surface area contributed by atoms with Gasteiger partial charge in [-0.05, 0) is 68.1 Å². The summed E-state index contributed by atoms with van der Waals surface area (Å²) in [5.41, 5.74) is 11.2. The molecule has 0 aliphatic carbocycles. The van der Waals surface area contributed by atoms with E-state index in [2.05, 4.69) is 15.0 Å². The van der Waals surface area contributed by atoms with Gasteiger partial charge in [0.05, 0.1) is 13.2 Å². The summed E-state index contributed by atoms with van der Waals surface area (Å²) in [5, 5.41) is 3.63. The number of carbonyl (C=O) groups is 1. The number of hydrogen-bond acceptors (Lipinski definition) is 9. The van der Waals surface area contributed by atoms with Crippen LogP contribution in [0.15, 0.2) is 82.4 Å². The van der Waals surface area contributed by atoms with E-state index in [1.807, 2.05) is 12.1 Å². The Morgan fingerprint density at radius 2 is 1.73 bits per heavy atom. The Labute approximate surface area is 218 Å². The standard InChI is InChI=1S/C22H23ClN6O3.C3H6O2/c1-2-28-21(30)27-20(29(22(28)31)14-15-3-5-16(23)6-4-15)26-17-7-9-18(10-8-17)32-19(13-25)11-12-24;1-2-5-3-4/h3-13H,2,14,24-25H2,1H3,(H,26,27,30);3H,2H2,1H3/b12-11-,19-13+;. The van der Waals surface area contributed by atoms with Crippen LogP contribution in [0.1, 0.15) is 19.4 Å². The van der Waals surface area contributed by atoms with Crippen LogP contribution in [0.5, 0.6) is 5.75 Å². The molecule has 0 spiro atoms. The molecule has 37 heavy (non-hydrogen) atoms. The zero-order valence-corrected chi connectivity index (χ0v) is 21.2. The van der Waals surface area contributed by atoms with Gasteiger partial charge >= 0.3 is 11.4 Å². The Balaban J connectivity index is 0.000000877. The Morgan fingerprint density at radius 3 is 2.24 bits per heavy atom. The second-order valence-electron chi connectivity index (χ2n) is 7.19. The first-order valence-corrected chi connectivity index (χ1v) is 11.6. The molecule has 3 rings (SSSR count). The van der Waals surface area contributed by atoms with E-state index in [4.69, 9.17) is 27.8 Å². The summed E-state index contributed by atoms with van der Waals surface area (Å²) in [7, 11) is 0. The predicted octanol–water partition coefficient (Wildman–Crippen LogP) is 2.70. The fraction of sp³-hybridized carbons (Fsp3) is 0.200. The fourth-order valence-electron chi connectivity index (χ4n) is 2.97. The SMILES string of the molecule is CCOC=O.CCn1c(=O)nc(Nc2ccc(OC(/C=C\N)=C/N)cc2)n(Cc2ccc(Cl)cc2)c1=O. The van der Waals surface area contributed by atoms with Gasteiger partial charge in [0.15, 0.2) is 0 Å². The minimum absolute atomic E-state index is 0.127. The van der Waals surface area contributed by atoms with Crippen LogP contribution in [0, 0.1) is 0 Å². The summed E-state index contributed by atoms with van der Waals surface area (Å²) < 4.78 is 12.2. The summed E-state index contributed by atoms with van der Waals surface area (Å²) >= 11 is 5.95. The Kier molecular flexibility index (Phi) is 11.5. The molecule has 196 valence electrons. The van der Waals surface area contributed by atoms with E-state index in [1.54, 1.807) is 50.2 Å². The molecule has 1 aromatic heterocycles. The quantitative estimate of drug-likeness (QED) is 0.204. The third-order valence-corrected chi connectivity index (χ3v) is 4.98. The second kappa shape index (κ2) is 14.8. The average Bonchev–Trinajstić information content (AvgIpc) is 2.89. The van der Waals surface area contributed by atoms with E-state index in [0.717, 1.165) is 10.1 Å². The minimum Gasteiger partial charge on any atom is -0.468 e. The Hall–Kier alpha value is -4.51. The monoisotopic (exact) mass is 528 g/mol. The topological polar surface area (TPSA) is 156 Å². The van der Waals surface area contributed by atoms with Gasteiger partial charge in [0.1, 0.15) is 11.5 Å². The first-order valence-electron chi connectivity index (χ1n) is 11.2. The molecule has 3 aromatic rings. The Morgan fingerprint density at radius 1 is 1.05 bits per heavy atom. The van der Waals surface area contributed by atoms with Crippen LogP contribution in [0.3, 0.4) is 0 Å². The minimum atomic E-state index is -0.626. The van der Waals surface area contributed by atoms with Crippen molar-refractivity contribution in [3.8, 4) is 5.75 Å². The van der Waals surface area contributed by atoms with Crippen LogP contribution in [0.2, 0.25) is 5.02 Å². The van der Waals surface area contributed by atoms with Crippen LogP contribution in [0.4, 0.5) is 11.6 Å². The first kappa shape index (κ1) is 28.7. The highest BCUT2D eigenvalue weighted by Gasteiger charge is 2.13. The zero-order chi connectivity index (χ0) is 27.2. The molecule has 0 saturated carbocycles. The number of nitrogens with two attached hydrogens (primary N) is 2.